The average Bonchev–Trinajstić information content (AvgIpc) is 2.17. The van der Waals surface area contributed by atoms with Crippen molar-refractivity contribution in [2.24, 2.45) is 0 Å². The Morgan fingerprint density at radius 1 is 1.29 bits per heavy atom. The van der Waals surface area contributed by atoms with E-state index >= 15 is 0 Å². The second-order valence-corrected chi connectivity index (χ2v) is 3.42. The summed E-state index contributed by atoms with van der Waals surface area (Å²) in [6.45, 7) is 4.17. The highest BCUT2D eigenvalue weighted by molar-refractivity contribution is 5.91. The molecule has 2 rings (SSSR count). The smallest absolute Gasteiger partial charge is 0.134 e. The number of fused-ring (bicyclic) bond motifs is 1. The Balaban J connectivity index is 2.83. The molecule has 0 spiro atoms. The van der Waals surface area contributed by atoms with Gasteiger partial charge in [0.2, 0.25) is 0 Å². The maximum Gasteiger partial charge on any atom is 0.134 e. The van der Waals surface area contributed by atoms with E-state index in [0.29, 0.717) is 5.82 Å². The van der Waals surface area contributed by atoms with Gasteiger partial charge in [-0.2, -0.15) is 0 Å². The van der Waals surface area contributed by atoms with Crippen LogP contribution >= 0.6 is 0 Å². The first-order valence-corrected chi connectivity index (χ1v) is 4.72. The standard InChI is InChI=1S/C11H13N3/c1-3-8-4-7(2)10-9(5-8)13-6-14-11(10)12/h4-6H,3H2,1-2H3,(H2,12,13,14). The number of hydrogen-bond acceptors (Lipinski definition) is 3. The number of rotatable bonds is 1. The van der Waals surface area contributed by atoms with Crippen LogP contribution in [0.15, 0.2) is 18.5 Å². The normalized spacial score (nSPS) is 10.7. The summed E-state index contributed by atoms with van der Waals surface area (Å²) in [7, 11) is 0. The van der Waals surface area contributed by atoms with Crippen molar-refractivity contribution in [1.29, 1.82) is 0 Å². The number of benzene rings is 1. The lowest BCUT2D eigenvalue weighted by atomic mass is 10.0. The summed E-state index contributed by atoms with van der Waals surface area (Å²) in [4.78, 5) is 8.21. The fourth-order valence-corrected chi connectivity index (χ4v) is 1.70. The molecule has 1 aromatic carbocycles. The van der Waals surface area contributed by atoms with Crippen molar-refractivity contribution >= 4 is 16.7 Å². The lowest BCUT2D eigenvalue weighted by Crippen LogP contribution is -1.96. The minimum absolute atomic E-state index is 0.565. The van der Waals surface area contributed by atoms with E-state index in [1.54, 1.807) is 0 Å². The van der Waals surface area contributed by atoms with Gasteiger partial charge in [0.15, 0.2) is 0 Å². The van der Waals surface area contributed by atoms with Crippen molar-refractivity contribution in [3.8, 4) is 0 Å². The van der Waals surface area contributed by atoms with Crippen molar-refractivity contribution in [1.82, 2.24) is 9.97 Å². The molecule has 2 aromatic rings. The third-order valence-corrected chi connectivity index (χ3v) is 2.43. The Hall–Kier alpha value is -1.64. The van der Waals surface area contributed by atoms with E-state index in [2.05, 4.69) is 29.0 Å². The number of anilines is 1. The Bertz CT molecular complexity index is 477. The molecule has 1 heterocycles. The molecule has 2 N–H and O–H groups in total. The molecule has 0 atom stereocenters. The predicted octanol–water partition coefficient (Wildman–Crippen LogP) is 2.08. The second kappa shape index (κ2) is 3.25. The van der Waals surface area contributed by atoms with Gasteiger partial charge in [-0.3, -0.25) is 0 Å². The molecule has 0 aliphatic carbocycles. The molecule has 0 fully saturated rings. The predicted molar refractivity (Wildman–Crippen MR) is 58.1 cm³/mol. The summed E-state index contributed by atoms with van der Waals surface area (Å²) in [6, 6.07) is 4.21. The van der Waals surface area contributed by atoms with Gasteiger partial charge in [0.05, 0.1) is 5.52 Å². The van der Waals surface area contributed by atoms with Crippen LogP contribution < -0.4 is 5.73 Å². The van der Waals surface area contributed by atoms with Crippen molar-refractivity contribution in [3.63, 3.8) is 0 Å². The van der Waals surface area contributed by atoms with Crippen LogP contribution in [0.4, 0.5) is 5.82 Å². The zero-order chi connectivity index (χ0) is 10.1. The fourth-order valence-electron chi connectivity index (χ4n) is 1.70. The first-order valence-electron chi connectivity index (χ1n) is 4.72. The molecule has 0 unspecified atom stereocenters. The van der Waals surface area contributed by atoms with Gasteiger partial charge in [-0.25, -0.2) is 9.97 Å². The molecular formula is C11H13N3. The minimum atomic E-state index is 0.565. The van der Waals surface area contributed by atoms with Crippen molar-refractivity contribution in [2.75, 3.05) is 5.73 Å². The molecule has 14 heavy (non-hydrogen) atoms. The van der Waals surface area contributed by atoms with Gasteiger partial charge in [0.1, 0.15) is 12.1 Å². The van der Waals surface area contributed by atoms with Gasteiger partial charge in [-0.1, -0.05) is 13.0 Å². The highest BCUT2D eigenvalue weighted by atomic mass is 14.9. The Morgan fingerprint density at radius 2 is 2.07 bits per heavy atom. The second-order valence-electron chi connectivity index (χ2n) is 3.42. The zero-order valence-corrected chi connectivity index (χ0v) is 8.41. The van der Waals surface area contributed by atoms with Crippen molar-refractivity contribution < 1.29 is 0 Å². The molecule has 0 bridgehead atoms. The number of nitrogens with zero attached hydrogens (tertiary/aromatic N) is 2. The molecule has 0 radical (unpaired) electrons. The topological polar surface area (TPSA) is 51.8 Å². The molecule has 0 saturated carbocycles. The largest absolute Gasteiger partial charge is 0.383 e. The van der Waals surface area contributed by atoms with Gasteiger partial charge < -0.3 is 5.73 Å². The fraction of sp³-hybridized carbons (Fsp3) is 0.273. The quantitative estimate of drug-likeness (QED) is 0.743. The van der Waals surface area contributed by atoms with E-state index < -0.39 is 0 Å². The van der Waals surface area contributed by atoms with E-state index in [-0.39, 0.29) is 0 Å². The lowest BCUT2D eigenvalue weighted by molar-refractivity contribution is 1.13. The molecule has 0 amide bonds. The summed E-state index contributed by atoms with van der Waals surface area (Å²) in [5.74, 6) is 0.565. The zero-order valence-electron chi connectivity index (χ0n) is 8.41. The summed E-state index contributed by atoms with van der Waals surface area (Å²) in [5, 5.41) is 0.977. The maximum absolute atomic E-state index is 5.80. The molecule has 1 aromatic heterocycles. The molecule has 3 nitrogen and oxygen atoms in total. The molecule has 72 valence electrons. The molecule has 3 heteroatoms. The van der Waals surface area contributed by atoms with Crippen LogP contribution in [0.5, 0.6) is 0 Å². The first kappa shape index (κ1) is 8.94. The highest BCUT2D eigenvalue weighted by Crippen LogP contribution is 2.22. The van der Waals surface area contributed by atoms with E-state index in [0.717, 1.165) is 22.9 Å². The third kappa shape index (κ3) is 1.31. The van der Waals surface area contributed by atoms with E-state index in [1.165, 1.54) is 11.9 Å². The number of aromatic nitrogens is 2. The van der Waals surface area contributed by atoms with Crippen molar-refractivity contribution in [3.05, 3.63) is 29.6 Å². The molecular weight excluding hydrogens is 174 g/mol. The van der Waals surface area contributed by atoms with Gasteiger partial charge in [-0.15, -0.1) is 0 Å². The molecule has 0 aliphatic rings. The Morgan fingerprint density at radius 3 is 2.79 bits per heavy atom. The summed E-state index contributed by atoms with van der Waals surface area (Å²) in [5.41, 5.74) is 9.17. The molecule has 0 saturated heterocycles. The first-order chi connectivity index (χ1) is 6.72. The third-order valence-electron chi connectivity index (χ3n) is 2.43. The van der Waals surface area contributed by atoms with Gasteiger partial charge >= 0.3 is 0 Å². The Kier molecular flexibility index (Phi) is 2.08. The lowest BCUT2D eigenvalue weighted by Gasteiger charge is -2.06. The van der Waals surface area contributed by atoms with Gasteiger partial charge in [0.25, 0.3) is 0 Å². The number of nitrogens with two attached hydrogens (primary N) is 1. The number of nitrogen functional groups attached to an aromatic ring is 1. The van der Waals surface area contributed by atoms with Crippen molar-refractivity contribution in [2.45, 2.75) is 20.3 Å². The van der Waals surface area contributed by atoms with Crippen LogP contribution in [-0.4, -0.2) is 9.97 Å². The Labute approximate surface area is 83.0 Å². The minimum Gasteiger partial charge on any atom is -0.383 e. The summed E-state index contributed by atoms with van der Waals surface area (Å²) in [6.07, 6.45) is 2.53. The number of aryl methyl sites for hydroxylation is 2. The van der Waals surface area contributed by atoms with Crippen LogP contribution in [0.2, 0.25) is 0 Å². The van der Waals surface area contributed by atoms with Gasteiger partial charge in [-0.05, 0) is 30.5 Å². The van der Waals surface area contributed by atoms with Crippen LogP contribution in [0.1, 0.15) is 18.1 Å². The monoisotopic (exact) mass is 187 g/mol. The maximum atomic E-state index is 5.80. The average molecular weight is 187 g/mol. The highest BCUT2D eigenvalue weighted by Gasteiger charge is 2.04. The van der Waals surface area contributed by atoms with Crippen LogP contribution in [0, 0.1) is 6.92 Å². The van der Waals surface area contributed by atoms with E-state index in [9.17, 15) is 0 Å². The van der Waals surface area contributed by atoms with Crippen LogP contribution in [0.3, 0.4) is 0 Å². The van der Waals surface area contributed by atoms with E-state index in [1.807, 2.05) is 6.92 Å². The van der Waals surface area contributed by atoms with Crippen LogP contribution in [0.25, 0.3) is 10.9 Å². The number of hydrogen-bond donors (Lipinski definition) is 1. The SMILES string of the molecule is CCc1cc(C)c2c(N)ncnc2c1. The van der Waals surface area contributed by atoms with E-state index in [4.69, 9.17) is 5.73 Å². The summed E-state index contributed by atoms with van der Waals surface area (Å²) >= 11 is 0. The summed E-state index contributed by atoms with van der Waals surface area (Å²) < 4.78 is 0. The molecule has 0 aliphatic heterocycles. The van der Waals surface area contributed by atoms with Gasteiger partial charge in [0, 0.05) is 5.39 Å². The van der Waals surface area contributed by atoms with Crippen LogP contribution in [-0.2, 0) is 6.42 Å².